The maximum atomic E-state index is 12.4. The third-order valence-electron chi connectivity index (χ3n) is 3.45. The van der Waals surface area contributed by atoms with E-state index in [0.717, 1.165) is 37.8 Å². The highest BCUT2D eigenvalue weighted by Gasteiger charge is 2.19. The van der Waals surface area contributed by atoms with Crippen LogP contribution in [-0.2, 0) is 16.4 Å². The van der Waals surface area contributed by atoms with Gasteiger partial charge >= 0.3 is 0 Å². The number of nitrogens with one attached hydrogen (secondary N) is 2. The second-order valence-electron chi connectivity index (χ2n) is 5.27. The summed E-state index contributed by atoms with van der Waals surface area (Å²) in [7, 11) is -3.41. The van der Waals surface area contributed by atoms with Gasteiger partial charge in [-0.2, -0.15) is 0 Å². The molecule has 0 radical (unpaired) electrons. The van der Waals surface area contributed by atoms with Crippen LogP contribution in [0, 0.1) is 0 Å². The molecule has 0 saturated heterocycles. The summed E-state index contributed by atoms with van der Waals surface area (Å²) < 4.78 is 27.4. The van der Waals surface area contributed by atoms with Crippen molar-refractivity contribution < 1.29 is 8.42 Å². The molecule has 0 bridgehead atoms. The molecule has 4 nitrogen and oxygen atoms in total. The molecule has 1 aromatic carbocycles. The number of hydrogen-bond donors (Lipinski definition) is 2. The van der Waals surface area contributed by atoms with Gasteiger partial charge in [-0.3, -0.25) is 0 Å². The molecule has 0 saturated carbocycles. The van der Waals surface area contributed by atoms with Gasteiger partial charge in [0.05, 0.1) is 4.90 Å². The van der Waals surface area contributed by atoms with E-state index in [4.69, 9.17) is 0 Å². The van der Waals surface area contributed by atoms with Crippen LogP contribution in [0.3, 0.4) is 0 Å². The Bertz CT molecular complexity index is 515. The first-order valence-corrected chi connectivity index (χ1v) is 9.34. The zero-order chi connectivity index (χ0) is 15.7. The fraction of sp³-hybridized carbons (Fsp3) is 0.625. The Hall–Kier alpha value is -0.910. The summed E-state index contributed by atoms with van der Waals surface area (Å²) in [6.45, 7) is 7.65. The lowest BCUT2D eigenvalue weighted by Gasteiger charge is -2.18. The van der Waals surface area contributed by atoms with Crippen LogP contribution in [0.4, 0.5) is 0 Å². The van der Waals surface area contributed by atoms with E-state index in [1.54, 1.807) is 12.1 Å². The van der Waals surface area contributed by atoms with Gasteiger partial charge in [0.25, 0.3) is 0 Å². The van der Waals surface area contributed by atoms with E-state index >= 15 is 0 Å². The lowest BCUT2D eigenvalue weighted by Crippen LogP contribution is -2.32. The lowest BCUT2D eigenvalue weighted by atomic mass is 10.0. The van der Waals surface area contributed by atoms with Crippen molar-refractivity contribution in [2.45, 2.75) is 57.4 Å². The van der Waals surface area contributed by atoms with E-state index in [2.05, 4.69) is 23.9 Å². The van der Waals surface area contributed by atoms with Gasteiger partial charge in [-0.1, -0.05) is 39.0 Å². The lowest BCUT2D eigenvalue weighted by molar-refractivity contribution is 0.491. The molecular formula is C16H28N2O2S. The van der Waals surface area contributed by atoms with Gasteiger partial charge in [0, 0.05) is 12.6 Å². The van der Waals surface area contributed by atoms with Crippen LogP contribution >= 0.6 is 0 Å². The van der Waals surface area contributed by atoms with Crippen LogP contribution in [0.2, 0.25) is 0 Å². The molecule has 2 N–H and O–H groups in total. The van der Waals surface area contributed by atoms with Gasteiger partial charge in [0.1, 0.15) is 0 Å². The van der Waals surface area contributed by atoms with Crippen molar-refractivity contribution in [3.63, 3.8) is 0 Å². The summed E-state index contributed by atoms with van der Waals surface area (Å²) >= 11 is 0. The minimum atomic E-state index is -3.41. The molecule has 1 aromatic rings. The maximum Gasteiger partial charge on any atom is 0.240 e. The summed E-state index contributed by atoms with van der Waals surface area (Å²) in [6.07, 6.45) is 3.59. The van der Waals surface area contributed by atoms with Crippen LogP contribution in [0.15, 0.2) is 29.2 Å². The highest BCUT2D eigenvalue weighted by atomic mass is 32.2. The van der Waals surface area contributed by atoms with Crippen molar-refractivity contribution in [1.82, 2.24) is 10.0 Å². The molecule has 0 aliphatic heterocycles. The largest absolute Gasteiger partial charge is 0.314 e. The molecule has 0 aromatic heterocycles. The summed E-state index contributed by atoms with van der Waals surface area (Å²) in [5.74, 6) is 0. The quantitative estimate of drug-likeness (QED) is 0.698. The molecule has 1 rings (SSSR count). The molecular weight excluding hydrogens is 284 g/mol. The fourth-order valence-electron chi connectivity index (χ4n) is 2.22. The minimum absolute atomic E-state index is 0.312. The first kappa shape index (κ1) is 18.1. The van der Waals surface area contributed by atoms with Crippen LogP contribution in [0.25, 0.3) is 0 Å². The Morgan fingerprint density at radius 3 is 2.33 bits per heavy atom. The average molecular weight is 312 g/mol. The number of sulfonamides is 1. The highest BCUT2D eigenvalue weighted by Crippen LogP contribution is 2.18. The van der Waals surface area contributed by atoms with E-state index in [1.165, 1.54) is 0 Å². The molecule has 0 aliphatic rings. The van der Waals surface area contributed by atoms with Crippen molar-refractivity contribution in [2.24, 2.45) is 0 Å². The molecule has 1 unspecified atom stereocenters. The monoisotopic (exact) mass is 312 g/mol. The Morgan fingerprint density at radius 2 is 1.71 bits per heavy atom. The summed E-state index contributed by atoms with van der Waals surface area (Å²) in [6, 6.07) is 7.61. The molecule has 21 heavy (non-hydrogen) atoms. The zero-order valence-corrected chi connectivity index (χ0v) is 14.2. The maximum absolute atomic E-state index is 12.4. The fourth-order valence-corrected chi connectivity index (χ4v) is 3.61. The third kappa shape index (κ3) is 5.77. The average Bonchev–Trinajstić information content (AvgIpc) is 2.49. The van der Waals surface area contributed by atoms with Crippen LogP contribution < -0.4 is 10.0 Å². The van der Waals surface area contributed by atoms with Gasteiger partial charge in [0.2, 0.25) is 10.0 Å². The molecule has 0 aliphatic carbocycles. The first-order valence-electron chi connectivity index (χ1n) is 7.86. The summed E-state index contributed by atoms with van der Waals surface area (Å²) in [4.78, 5) is 0.412. The first-order chi connectivity index (χ1) is 10.0. The predicted octanol–water partition coefficient (Wildman–Crippen LogP) is 2.70. The van der Waals surface area contributed by atoms with Gasteiger partial charge in [-0.15, -0.1) is 0 Å². The van der Waals surface area contributed by atoms with Gasteiger partial charge in [-0.25, -0.2) is 13.1 Å². The minimum Gasteiger partial charge on any atom is -0.314 e. The topological polar surface area (TPSA) is 58.2 Å². The van der Waals surface area contributed by atoms with E-state index in [1.807, 2.05) is 19.1 Å². The molecule has 5 heteroatoms. The number of hydrogen-bond acceptors (Lipinski definition) is 3. The van der Waals surface area contributed by atoms with Gasteiger partial charge in [-0.05, 0) is 43.9 Å². The Kier molecular flexibility index (Phi) is 7.93. The van der Waals surface area contributed by atoms with Gasteiger partial charge in [0.15, 0.2) is 0 Å². The molecule has 0 fully saturated rings. The van der Waals surface area contributed by atoms with Gasteiger partial charge < -0.3 is 5.32 Å². The Labute approximate surface area is 129 Å². The smallest absolute Gasteiger partial charge is 0.240 e. The van der Waals surface area contributed by atoms with E-state index in [9.17, 15) is 8.42 Å². The summed E-state index contributed by atoms with van der Waals surface area (Å²) in [5.41, 5.74) is 0.886. The standard InChI is InChI=1S/C16H28N2O2S/c1-4-11-17-15(6-3)13-14-9-7-8-10-16(14)21(19,20)18-12-5-2/h7-10,15,17-18H,4-6,11-13H2,1-3H3. The summed E-state index contributed by atoms with van der Waals surface area (Å²) in [5, 5.41) is 3.47. The van der Waals surface area contributed by atoms with E-state index in [0.29, 0.717) is 17.5 Å². The second-order valence-corrected chi connectivity index (χ2v) is 7.00. The SMILES string of the molecule is CCCNC(CC)Cc1ccccc1S(=O)(=O)NCCC. The predicted molar refractivity (Wildman–Crippen MR) is 88.0 cm³/mol. The molecule has 0 spiro atoms. The molecule has 0 heterocycles. The van der Waals surface area contributed by atoms with Crippen LogP contribution in [-0.4, -0.2) is 27.5 Å². The number of benzene rings is 1. The van der Waals surface area contributed by atoms with E-state index < -0.39 is 10.0 Å². The van der Waals surface area contributed by atoms with Crippen LogP contribution in [0.1, 0.15) is 45.6 Å². The van der Waals surface area contributed by atoms with Crippen LogP contribution in [0.5, 0.6) is 0 Å². The van der Waals surface area contributed by atoms with Crippen molar-refractivity contribution in [3.05, 3.63) is 29.8 Å². The third-order valence-corrected chi connectivity index (χ3v) is 5.01. The van der Waals surface area contributed by atoms with Crippen molar-refractivity contribution in [2.75, 3.05) is 13.1 Å². The van der Waals surface area contributed by atoms with Crippen molar-refractivity contribution in [1.29, 1.82) is 0 Å². The van der Waals surface area contributed by atoms with E-state index in [-0.39, 0.29) is 0 Å². The Morgan fingerprint density at radius 1 is 1.05 bits per heavy atom. The highest BCUT2D eigenvalue weighted by molar-refractivity contribution is 7.89. The Balaban J connectivity index is 2.93. The number of rotatable bonds is 10. The molecule has 120 valence electrons. The van der Waals surface area contributed by atoms with Crippen molar-refractivity contribution in [3.8, 4) is 0 Å². The second kappa shape index (κ2) is 9.18. The van der Waals surface area contributed by atoms with Crippen molar-refractivity contribution >= 4 is 10.0 Å². The zero-order valence-electron chi connectivity index (χ0n) is 13.4. The molecule has 0 amide bonds. The molecule has 1 atom stereocenters. The normalized spacial score (nSPS) is 13.3.